The minimum Gasteiger partial charge on any atom is -0.389 e. The average Bonchev–Trinajstić information content (AvgIpc) is 3.45. The molecular formula is C24H28ClN5O2. The Bertz CT molecular complexity index is 1160. The second kappa shape index (κ2) is 7.03. The summed E-state index contributed by atoms with van der Waals surface area (Å²) in [4.78, 5) is 2.38. The van der Waals surface area contributed by atoms with Gasteiger partial charge in [-0.2, -0.15) is 10.2 Å². The van der Waals surface area contributed by atoms with Crippen LogP contribution in [0.4, 0.5) is 0 Å². The lowest BCUT2D eigenvalue weighted by Crippen LogP contribution is -2.59. The van der Waals surface area contributed by atoms with Crippen LogP contribution >= 0.6 is 11.6 Å². The number of ether oxygens (including phenoxy) is 1. The lowest BCUT2D eigenvalue weighted by Gasteiger charge is -2.61. The molecule has 1 aromatic carbocycles. The molecule has 3 aromatic rings. The van der Waals surface area contributed by atoms with Gasteiger partial charge in [0.05, 0.1) is 55.0 Å². The van der Waals surface area contributed by atoms with E-state index in [1.165, 1.54) is 24.8 Å². The summed E-state index contributed by atoms with van der Waals surface area (Å²) in [6.45, 7) is 3.00. The number of aliphatic hydroxyl groups excluding tert-OH is 1. The predicted octanol–water partition coefficient (Wildman–Crippen LogP) is 3.32. The van der Waals surface area contributed by atoms with Gasteiger partial charge in [0.2, 0.25) is 0 Å². The van der Waals surface area contributed by atoms with Crippen molar-refractivity contribution >= 4 is 22.5 Å². The first kappa shape index (κ1) is 19.5. The van der Waals surface area contributed by atoms with Crippen LogP contribution in [0, 0.1) is 5.92 Å². The Morgan fingerprint density at radius 1 is 1.06 bits per heavy atom. The van der Waals surface area contributed by atoms with Crippen LogP contribution in [0.3, 0.4) is 0 Å². The lowest BCUT2D eigenvalue weighted by molar-refractivity contribution is -0.0977. The molecule has 1 N–H and O–H groups in total. The number of hydrogen-bond donors (Lipinski definition) is 1. The molecule has 5 aliphatic rings. The van der Waals surface area contributed by atoms with Crippen LogP contribution in [-0.4, -0.2) is 68.0 Å². The molecule has 0 radical (unpaired) electrons. The Labute approximate surface area is 191 Å². The van der Waals surface area contributed by atoms with Crippen molar-refractivity contribution in [3.63, 3.8) is 0 Å². The van der Waals surface area contributed by atoms with Gasteiger partial charge in [0.1, 0.15) is 5.69 Å². The number of aromatic nitrogens is 4. The maximum absolute atomic E-state index is 10.2. The molecule has 168 valence electrons. The number of piperidine rings is 1. The summed E-state index contributed by atoms with van der Waals surface area (Å²) in [5, 5.41) is 21.4. The maximum atomic E-state index is 10.2. The van der Waals surface area contributed by atoms with Gasteiger partial charge in [-0.05, 0) is 74.7 Å². The maximum Gasteiger partial charge on any atom is 0.103 e. The van der Waals surface area contributed by atoms with Crippen LogP contribution in [-0.2, 0) is 10.3 Å². The van der Waals surface area contributed by atoms with E-state index in [1.807, 2.05) is 17.1 Å². The largest absolute Gasteiger partial charge is 0.389 e. The van der Waals surface area contributed by atoms with Crippen molar-refractivity contribution in [1.29, 1.82) is 0 Å². The fourth-order valence-electron chi connectivity index (χ4n) is 6.40. The molecular weight excluding hydrogens is 426 g/mol. The highest BCUT2D eigenvalue weighted by molar-refractivity contribution is 6.32. The Hall–Kier alpha value is -1.93. The molecule has 32 heavy (non-hydrogen) atoms. The third kappa shape index (κ3) is 2.84. The second-order valence-corrected chi connectivity index (χ2v) is 10.7. The van der Waals surface area contributed by atoms with Crippen LogP contribution in [0.15, 0.2) is 30.7 Å². The fourth-order valence-corrected chi connectivity index (χ4v) is 6.73. The van der Waals surface area contributed by atoms with Crippen molar-refractivity contribution in [3.05, 3.63) is 41.3 Å². The summed E-state index contributed by atoms with van der Waals surface area (Å²) in [6.07, 6.45) is 11.5. The molecule has 2 atom stereocenters. The Morgan fingerprint density at radius 3 is 2.56 bits per heavy atom. The van der Waals surface area contributed by atoms with Crippen molar-refractivity contribution in [1.82, 2.24) is 24.5 Å². The van der Waals surface area contributed by atoms with Gasteiger partial charge in [-0.25, -0.2) is 4.68 Å². The number of benzene rings is 1. The molecule has 3 aliphatic carbocycles. The average molecular weight is 454 g/mol. The van der Waals surface area contributed by atoms with E-state index in [2.05, 4.69) is 38.1 Å². The highest BCUT2D eigenvalue weighted by Crippen LogP contribution is 2.62. The van der Waals surface area contributed by atoms with Gasteiger partial charge in [-0.3, -0.25) is 9.58 Å². The van der Waals surface area contributed by atoms with E-state index in [1.54, 1.807) is 0 Å². The third-order valence-electron chi connectivity index (χ3n) is 8.45. The Morgan fingerprint density at radius 2 is 1.88 bits per heavy atom. The van der Waals surface area contributed by atoms with Gasteiger partial charge < -0.3 is 9.84 Å². The molecule has 5 fully saturated rings. The molecule has 2 aliphatic heterocycles. The fraction of sp³-hybridized carbons (Fsp3) is 0.583. The van der Waals surface area contributed by atoms with E-state index in [0.717, 1.165) is 53.5 Å². The molecule has 7 nitrogen and oxygen atoms in total. The number of rotatable bonds is 4. The van der Waals surface area contributed by atoms with E-state index in [0.29, 0.717) is 19.1 Å². The van der Waals surface area contributed by atoms with Crippen LogP contribution in [0.5, 0.6) is 0 Å². The number of fused-ring (bicyclic) bond motifs is 1. The van der Waals surface area contributed by atoms with Crippen LogP contribution < -0.4 is 0 Å². The number of hydrogen-bond acceptors (Lipinski definition) is 5. The summed E-state index contributed by atoms with van der Waals surface area (Å²) in [7, 11) is 0. The quantitative estimate of drug-likeness (QED) is 0.656. The van der Waals surface area contributed by atoms with E-state index in [9.17, 15) is 5.11 Å². The van der Waals surface area contributed by atoms with Crippen LogP contribution in [0.2, 0.25) is 5.02 Å². The van der Waals surface area contributed by atoms with Crippen molar-refractivity contribution in [2.24, 2.45) is 5.92 Å². The number of nitrogens with zero attached hydrogens (tertiary/aromatic N) is 5. The van der Waals surface area contributed by atoms with Crippen molar-refractivity contribution < 1.29 is 9.84 Å². The van der Waals surface area contributed by atoms with E-state index in [-0.39, 0.29) is 17.7 Å². The van der Waals surface area contributed by atoms with Crippen LogP contribution in [0.25, 0.3) is 16.6 Å². The van der Waals surface area contributed by atoms with Gasteiger partial charge in [0, 0.05) is 10.4 Å². The summed E-state index contributed by atoms with van der Waals surface area (Å²) < 4.78 is 9.63. The van der Waals surface area contributed by atoms with Crippen LogP contribution in [0.1, 0.15) is 43.6 Å². The zero-order chi connectivity index (χ0) is 21.4. The van der Waals surface area contributed by atoms with Gasteiger partial charge in [-0.1, -0.05) is 11.6 Å². The highest BCUT2D eigenvalue weighted by Gasteiger charge is 2.58. The molecule has 4 heterocycles. The van der Waals surface area contributed by atoms with Gasteiger partial charge in [0.25, 0.3) is 0 Å². The lowest BCUT2D eigenvalue weighted by atomic mass is 9.50. The topological polar surface area (TPSA) is 68.3 Å². The molecule has 0 amide bonds. The molecule has 2 aromatic heterocycles. The molecule has 8 rings (SSSR count). The molecule has 2 saturated heterocycles. The highest BCUT2D eigenvalue weighted by atomic mass is 35.5. The monoisotopic (exact) mass is 453 g/mol. The summed E-state index contributed by atoms with van der Waals surface area (Å²) in [5.41, 5.74) is 3.59. The molecule has 2 bridgehead atoms. The third-order valence-corrected chi connectivity index (χ3v) is 8.78. The second-order valence-electron chi connectivity index (χ2n) is 10.3. The first-order valence-corrected chi connectivity index (χ1v) is 12.2. The first-order chi connectivity index (χ1) is 15.6. The molecule has 0 spiro atoms. The zero-order valence-electron chi connectivity index (χ0n) is 18.0. The van der Waals surface area contributed by atoms with Crippen molar-refractivity contribution in [3.8, 4) is 5.69 Å². The summed E-state index contributed by atoms with van der Waals surface area (Å²) >= 11 is 6.75. The summed E-state index contributed by atoms with van der Waals surface area (Å²) in [5.74, 6) is 1.34. The Balaban J connectivity index is 1.15. The standard InChI is InChI=1S/C24H28ClN5O2/c25-20-5-17-10-27-30(18-11-26-29(12-18)24-7-15(8-24)9-24)21(17)6-19(20)16-1-3-28(4-2-16)22-13-32-14-23(22)31/h5-6,10-12,15-16,22-23,31H,1-4,7-9,13-14H2/t15?,22?,23-,24?/m1/s1. The number of halogens is 1. The van der Waals surface area contributed by atoms with Crippen molar-refractivity contribution in [2.45, 2.75) is 55.7 Å². The Kier molecular flexibility index (Phi) is 4.29. The normalized spacial score (nSPS) is 32.9. The molecule has 8 heteroatoms. The van der Waals surface area contributed by atoms with Gasteiger partial charge in [0.15, 0.2) is 0 Å². The minimum absolute atomic E-state index is 0.132. The SMILES string of the molecule is O[C@@H]1COCC1N1CCC(c2cc3c(cnn3-c3cnn(C45CC(C4)C5)c3)cc2Cl)CC1. The van der Waals surface area contributed by atoms with E-state index >= 15 is 0 Å². The summed E-state index contributed by atoms with van der Waals surface area (Å²) in [6, 6.07) is 4.42. The minimum atomic E-state index is -0.368. The predicted molar refractivity (Wildman–Crippen MR) is 121 cm³/mol. The zero-order valence-corrected chi connectivity index (χ0v) is 18.8. The smallest absolute Gasteiger partial charge is 0.103 e. The number of aliphatic hydroxyl groups is 1. The van der Waals surface area contributed by atoms with E-state index in [4.69, 9.17) is 16.3 Å². The molecule has 1 unspecified atom stereocenters. The van der Waals surface area contributed by atoms with E-state index < -0.39 is 0 Å². The number of likely N-dealkylation sites (tertiary alicyclic amines) is 1. The van der Waals surface area contributed by atoms with Gasteiger partial charge in [-0.15, -0.1) is 0 Å². The van der Waals surface area contributed by atoms with Crippen molar-refractivity contribution in [2.75, 3.05) is 26.3 Å². The first-order valence-electron chi connectivity index (χ1n) is 11.8. The van der Waals surface area contributed by atoms with Gasteiger partial charge >= 0.3 is 0 Å². The molecule has 3 saturated carbocycles.